The molecule has 1 saturated heterocycles. The fourth-order valence-electron chi connectivity index (χ4n) is 0.687. The normalized spacial score (nSPS) is 29.6. The molecule has 0 aromatic heterocycles. The Hall–Kier alpha value is -0.180. The quantitative estimate of drug-likeness (QED) is 0.510. The molecule has 1 fully saturated rings. The third-order valence-corrected chi connectivity index (χ3v) is 2.21. The predicted molar refractivity (Wildman–Crippen MR) is 34.9 cm³/mol. The van der Waals surface area contributed by atoms with Gasteiger partial charge in [-0.15, -0.1) is 11.8 Å². The van der Waals surface area contributed by atoms with Crippen molar-refractivity contribution in [2.45, 2.75) is 13.0 Å². The maximum atomic E-state index is 10.5. The Bertz CT molecular complexity index is 105. The van der Waals surface area contributed by atoms with Gasteiger partial charge in [0.1, 0.15) is 0 Å². The summed E-state index contributed by atoms with van der Waals surface area (Å²) in [5.74, 6) is 1.88. The summed E-state index contributed by atoms with van der Waals surface area (Å²) in [6.45, 7) is 2.02. The van der Waals surface area contributed by atoms with Crippen LogP contribution in [-0.2, 0) is 4.79 Å². The Morgan fingerprint density at radius 2 is 2.62 bits per heavy atom. The van der Waals surface area contributed by atoms with Crippen LogP contribution in [0.3, 0.4) is 0 Å². The van der Waals surface area contributed by atoms with Crippen molar-refractivity contribution in [3.05, 3.63) is 0 Å². The molecule has 0 spiro atoms. The summed E-state index contributed by atoms with van der Waals surface area (Å²) >= 11 is 1.70. The largest absolute Gasteiger partial charge is 0.352 e. The summed E-state index contributed by atoms with van der Waals surface area (Å²) in [4.78, 5) is 10.5. The first-order chi connectivity index (χ1) is 3.79. The van der Waals surface area contributed by atoms with Crippen molar-refractivity contribution in [2.75, 3.05) is 11.5 Å². The van der Waals surface area contributed by atoms with E-state index in [-0.39, 0.29) is 5.91 Å². The van der Waals surface area contributed by atoms with E-state index in [4.69, 9.17) is 0 Å². The Morgan fingerprint density at radius 3 is 3.00 bits per heavy atom. The molecule has 8 heavy (non-hydrogen) atoms. The molecule has 1 amide bonds. The van der Waals surface area contributed by atoms with Gasteiger partial charge < -0.3 is 5.32 Å². The highest BCUT2D eigenvalue weighted by molar-refractivity contribution is 8.00. The average molecular weight is 131 g/mol. The SMILES string of the molecule is CC1CSCC(=O)N1. The Balaban J connectivity index is 2.34. The number of nitrogens with one attached hydrogen (secondary N) is 1. The van der Waals surface area contributed by atoms with Crippen LogP contribution in [0.2, 0.25) is 0 Å². The van der Waals surface area contributed by atoms with E-state index in [1.165, 1.54) is 0 Å². The summed E-state index contributed by atoms with van der Waals surface area (Å²) in [7, 11) is 0. The van der Waals surface area contributed by atoms with Crippen molar-refractivity contribution in [3.63, 3.8) is 0 Å². The molecule has 1 unspecified atom stereocenters. The lowest BCUT2D eigenvalue weighted by atomic mass is 10.4. The monoisotopic (exact) mass is 131 g/mol. The van der Waals surface area contributed by atoms with Gasteiger partial charge in [-0.25, -0.2) is 0 Å². The molecule has 1 aliphatic heterocycles. The minimum absolute atomic E-state index is 0.175. The van der Waals surface area contributed by atoms with Crippen LogP contribution in [0.5, 0.6) is 0 Å². The Morgan fingerprint density at radius 1 is 1.88 bits per heavy atom. The van der Waals surface area contributed by atoms with Gasteiger partial charge in [-0.05, 0) is 6.92 Å². The summed E-state index contributed by atoms with van der Waals surface area (Å²) < 4.78 is 0. The highest BCUT2D eigenvalue weighted by Gasteiger charge is 2.12. The second-order valence-electron chi connectivity index (χ2n) is 1.98. The predicted octanol–water partition coefficient (Wildman–Crippen LogP) is 0.238. The van der Waals surface area contributed by atoms with Crippen LogP contribution in [0.25, 0.3) is 0 Å². The van der Waals surface area contributed by atoms with Crippen LogP contribution in [0.1, 0.15) is 6.92 Å². The van der Waals surface area contributed by atoms with Gasteiger partial charge in [0.05, 0.1) is 5.75 Å². The first kappa shape index (κ1) is 5.95. The third-order valence-electron chi connectivity index (χ3n) is 1.01. The van der Waals surface area contributed by atoms with Crippen LogP contribution >= 0.6 is 11.8 Å². The van der Waals surface area contributed by atoms with E-state index in [1.54, 1.807) is 11.8 Å². The zero-order valence-electron chi connectivity index (χ0n) is 4.81. The van der Waals surface area contributed by atoms with Gasteiger partial charge in [0.15, 0.2) is 0 Å². The summed E-state index contributed by atoms with van der Waals surface area (Å²) in [5, 5.41) is 2.82. The zero-order valence-corrected chi connectivity index (χ0v) is 5.62. The van der Waals surface area contributed by atoms with Crippen molar-refractivity contribution in [2.24, 2.45) is 0 Å². The molecule has 46 valence electrons. The van der Waals surface area contributed by atoms with Gasteiger partial charge in [0.25, 0.3) is 0 Å². The number of rotatable bonds is 0. The molecular weight excluding hydrogens is 122 g/mol. The highest BCUT2D eigenvalue weighted by atomic mass is 32.2. The maximum Gasteiger partial charge on any atom is 0.230 e. The molecule has 1 rings (SSSR count). The molecular formula is C5H9NOS. The molecule has 0 aliphatic carbocycles. The van der Waals surface area contributed by atoms with Crippen molar-refractivity contribution in [1.29, 1.82) is 0 Å². The van der Waals surface area contributed by atoms with Gasteiger partial charge in [0.2, 0.25) is 5.91 Å². The third kappa shape index (κ3) is 1.40. The van der Waals surface area contributed by atoms with E-state index in [9.17, 15) is 4.79 Å². The minimum atomic E-state index is 0.175. The molecule has 0 bridgehead atoms. The smallest absolute Gasteiger partial charge is 0.230 e. The van der Waals surface area contributed by atoms with Crippen molar-refractivity contribution in [1.82, 2.24) is 5.32 Å². The van der Waals surface area contributed by atoms with Gasteiger partial charge in [-0.2, -0.15) is 0 Å². The van der Waals surface area contributed by atoms with E-state index >= 15 is 0 Å². The number of hydrogen-bond acceptors (Lipinski definition) is 2. The second kappa shape index (κ2) is 2.40. The van der Waals surface area contributed by atoms with Crippen molar-refractivity contribution < 1.29 is 4.79 Å². The molecule has 3 heteroatoms. The second-order valence-corrected chi connectivity index (χ2v) is 3.01. The van der Waals surface area contributed by atoms with Crippen LogP contribution in [0.4, 0.5) is 0 Å². The lowest BCUT2D eigenvalue weighted by Gasteiger charge is -2.17. The topological polar surface area (TPSA) is 29.1 Å². The van der Waals surface area contributed by atoms with E-state index in [1.807, 2.05) is 6.92 Å². The molecule has 1 N–H and O–H groups in total. The summed E-state index contributed by atoms with van der Waals surface area (Å²) in [5.41, 5.74) is 0. The van der Waals surface area contributed by atoms with Gasteiger partial charge >= 0.3 is 0 Å². The molecule has 1 heterocycles. The molecule has 0 radical (unpaired) electrons. The molecule has 1 aliphatic rings. The van der Waals surface area contributed by atoms with Crippen LogP contribution in [-0.4, -0.2) is 23.5 Å². The molecule has 1 atom stereocenters. The maximum absolute atomic E-state index is 10.5. The summed E-state index contributed by atoms with van der Waals surface area (Å²) in [6.07, 6.45) is 0. The first-order valence-electron chi connectivity index (χ1n) is 2.66. The lowest BCUT2D eigenvalue weighted by molar-refractivity contribution is -0.119. The zero-order chi connectivity index (χ0) is 5.98. The molecule has 0 aromatic rings. The lowest BCUT2D eigenvalue weighted by Crippen LogP contribution is -2.39. The van der Waals surface area contributed by atoms with Crippen LogP contribution < -0.4 is 5.32 Å². The fraction of sp³-hybridized carbons (Fsp3) is 0.800. The van der Waals surface area contributed by atoms with E-state index in [2.05, 4.69) is 5.32 Å². The van der Waals surface area contributed by atoms with Gasteiger partial charge in [-0.3, -0.25) is 4.79 Å². The highest BCUT2D eigenvalue weighted by Crippen LogP contribution is 2.06. The van der Waals surface area contributed by atoms with Crippen molar-refractivity contribution >= 4 is 17.7 Å². The number of thioether (sulfide) groups is 1. The Labute approximate surface area is 53.0 Å². The van der Waals surface area contributed by atoms with E-state index < -0.39 is 0 Å². The van der Waals surface area contributed by atoms with Crippen LogP contribution in [0, 0.1) is 0 Å². The van der Waals surface area contributed by atoms with Gasteiger partial charge in [0, 0.05) is 11.8 Å². The van der Waals surface area contributed by atoms with Crippen molar-refractivity contribution in [3.8, 4) is 0 Å². The van der Waals surface area contributed by atoms with Crippen LogP contribution in [0.15, 0.2) is 0 Å². The number of carbonyl (C=O) groups is 1. The Kier molecular flexibility index (Phi) is 1.78. The molecule has 0 aromatic carbocycles. The number of hydrogen-bond donors (Lipinski definition) is 1. The summed E-state index contributed by atoms with van der Waals surface area (Å²) in [6, 6.07) is 0.376. The van der Waals surface area contributed by atoms with Gasteiger partial charge in [-0.1, -0.05) is 0 Å². The fourth-order valence-corrected chi connectivity index (χ4v) is 1.51. The molecule has 0 saturated carbocycles. The number of amides is 1. The molecule has 2 nitrogen and oxygen atoms in total. The average Bonchev–Trinajstić information content (AvgIpc) is 1.64. The first-order valence-corrected chi connectivity index (χ1v) is 3.81. The standard InChI is InChI=1S/C5H9NOS/c1-4-2-8-3-5(7)6-4/h4H,2-3H2,1H3,(H,6,7). The minimum Gasteiger partial charge on any atom is -0.352 e. The number of carbonyl (C=O) groups excluding carboxylic acids is 1. The van der Waals surface area contributed by atoms with E-state index in [0.29, 0.717) is 11.8 Å². The van der Waals surface area contributed by atoms with E-state index in [0.717, 1.165) is 5.75 Å².